The Balaban J connectivity index is 1.63. The molecule has 1 amide bonds. The molecule has 0 spiro atoms. The molecule has 4 nitrogen and oxygen atoms in total. The topological polar surface area (TPSA) is 50.4 Å². The highest BCUT2D eigenvalue weighted by atomic mass is 16.5. The standard InChI is InChI=1S/C17H18N2O2/c1-21-15-5-2-12(3-6-15)10-17(20)19-14-4-7-16-13(11-14)8-9-18-16/h2-7,11,18H,8-10H2,1H3,(H,19,20). The van der Waals surface area contributed by atoms with E-state index in [0.29, 0.717) is 6.42 Å². The summed E-state index contributed by atoms with van der Waals surface area (Å²) < 4.78 is 5.11. The van der Waals surface area contributed by atoms with E-state index in [2.05, 4.69) is 10.6 Å². The van der Waals surface area contributed by atoms with Crippen molar-refractivity contribution in [1.82, 2.24) is 0 Å². The van der Waals surface area contributed by atoms with Gasteiger partial charge in [-0.1, -0.05) is 12.1 Å². The Hall–Kier alpha value is -2.49. The molecule has 1 aliphatic rings. The van der Waals surface area contributed by atoms with Gasteiger partial charge in [-0.25, -0.2) is 0 Å². The summed E-state index contributed by atoms with van der Waals surface area (Å²) in [5, 5.41) is 6.26. The number of ether oxygens (including phenoxy) is 1. The van der Waals surface area contributed by atoms with E-state index >= 15 is 0 Å². The molecule has 2 aromatic rings. The summed E-state index contributed by atoms with van der Waals surface area (Å²) >= 11 is 0. The van der Waals surface area contributed by atoms with Crippen LogP contribution in [0.3, 0.4) is 0 Å². The number of benzene rings is 2. The molecule has 2 N–H and O–H groups in total. The fraction of sp³-hybridized carbons (Fsp3) is 0.235. The van der Waals surface area contributed by atoms with E-state index in [4.69, 9.17) is 4.74 Å². The summed E-state index contributed by atoms with van der Waals surface area (Å²) in [6.45, 7) is 0.971. The molecule has 2 aromatic carbocycles. The second kappa shape index (κ2) is 5.87. The van der Waals surface area contributed by atoms with Crippen molar-refractivity contribution in [2.45, 2.75) is 12.8 Å². The predicted molar refractivity (Wildman–Crippen MR) is 84.0 cm³/mol. The Labute approximate surface area is 124 Å². The number of carbonyl (C=O) groups is 1. The van der Waals surface area contributed by atoms with Crippen LogP contribution in [0.2, 0.25) is 0 Å². The van der Waals surface area contributed by atoms with Gasteiger partial charge in [-0.2, -0.15) is 0 Å². The molecule has 3 rings (SSSR count). The number of carbonyl (C=O) groups excluding carboxylic acids is 1. The number of nitrogens with one attached hydrogen (secondary N) is 2. The smallest absolute Gasteiger partial charge is 0.228 e. The Morgan fingerprint density at radius 2 is 2.05 bits per heavy atom. The van der Waals surface area contributed by atoms with Crippen molar-refractivity contribution in [2.24, 2.45) is 0 Å². The monoisotopic (exact) mass is 282 g/mol. The molecule has 0 aromatic heterocycles. The van der Waals surface area contributed by atoms with E-state index in [1.54, 1.807) is 7.11 Å². The number of amides is 1. The van der Waals surface area contributed by atoms with Gasteiger partial charge in [0.1, 0.15) is 5.75 Å². The van der Waals surface area contributed by atoms with E-state index < -0.39 is 0 Å². The maximum absolute atomic E-state index is 12.1. The van der Waals surface area contributed by atoms with Crippen molar-refractivity contribution in [1.29, 1.82) is 0 Å². The molecule has 4 heteroatoms. The fourth-order valence-electron chi connectivity index (χ4n) is 2.52. The number of methoxy groups -OCH3 is 1. The van der Waals surface area contributed by atoms with Crippen LogP contribution in [0.25, 0.3) is 0 Å². The van der Waals surface area contributed by atoms with E-state index in [-0.39, 0.29) is 5.91 Å². The average Bonchev–Trinajstić information content (AvgIpc) is 2.95. The molecule has 0 saturated carbocycles. The van der Waals surface area contributed by atoms with E-state index in [0.717, 1.165) is 30.0 Å². The zero-order valence-electron chi connectivity index (χ0n) is 12.0. The van der Waals surface area contributed by atoms with Gasteiger partial charge in [0, 0.05) is 17.9 Å². The van der Waals surface area contributed by atoms with Gasteiger partial charge in [0.25, 0.3) is 0 Å². The molecule has 0 bridgehead atoms. The summed E-state index contributed by atoms with van der Waals surface area (Å²) in [4.78, 5) is 12.1. The van der Waals surface area contributed by atoms with Crippen molar-refractivity contribution >= 4 is 17.3 Å². The molecule has 21 heavy (non-hydrogen) atoms. The first-order valence-corrected chi connectivity index (χ1v) is 7.04. The molecule has 0 saturated heterocycles. The lowest BCUT2D eigenvalue weighted by Gasteiger charge is -2.08. The van der Waals surface area contributed by atoms with Gasteiger partial charge in [-0.05, 0) is 47.9 Å². The molecule has 1 heterocycles. The highest BCUT2D eigenvalue weighted by Crippen LogP contribution is 2.25. The maximum atomic E-state index is 12.1. The molecule has 0 radical (unpaired) electrons. The van der Waals surface area contributed by atoms with Crippen LogP contribution in [0.15, 0.2) is 42.5 Å². The summed E-state index contributed by atoms with van der Waals surface area (Å²) in [5.41, 5.74) is 4.26. The van der Waals surface area contributed by atoms with Crippen LogP contribution in [0.1, 0.15) is 11.1 Å². The third kappa shape index (κ3) is 3.16. The van der Waals surface area contributed by atoms with E-state index in [1.807, 2.05) is 42.5 Å². The second-order valence-electron chi connectivity index (χ2n) is 5.12. The van der Waals surface area contributed by atoms with Crippen LogP contribution in [-0.4, -0.2) is 19.6 Å². The summed E-state index contributed by atoms with van der Waals surface area (Å²) in [6.07, 6.45) is 1.37. The number of hydrogen-bond donors (Lipinski definition) is 2. The minimum Gasteiger partial charge on any atom is -0.497 e. The van der Waals surface area contributed by atoms with Gasteiger partial charge in [0.15, 0.2) is 0 Å². The van der Waals surface area contributed by atoms with E-state index in [1.165, 1.54) is 11.3 Å². The lowest BCUT2D eigenvalue weighted by molar-refractivity contribution is -0.115. The Morgan fingerprint density at radius 1 is 1.24 bits per heavy atom. The Kier molecular flexibility index (Phi) is 3.77. The number of hydrogen-bond acceptors (Lipinski definition) is 3. The highest BCUT2D eigenvalue weighted by Gasteiger charge is 2.11. The first kappa shape index (κ1) is 13.5. The Morgan fingerprint density at radius 3 is 2.81 bits per heavy atom. The average molecular weight is 282 g/mol. The van der Waals surface area contributed by atoms with E-state index in [9.17, 15) is 4.79 Å². The molecule has 108 valence electrons. The molecule has 0 unspecified atom stereocenters. The van der Waals surface area contributed by atoms with Crippen molar-refractivity contribution < 1.29 is 9.53 Å². The first-order chi connectivity index (χ1) is 10.2. The van der Waals surface area contributed by atoms with Crippen molar-refractivity contribution in [3.8, 4) is 5.75 Å². The molecular weight excluding hydrogens is 264 g/mol. The minimum atomic E-state index is -0.00827. The fourth-order valence-corrected chi connectivity index (χ4v) is 2.52. The lowest BCUT2D eigenvalue weighted by atomic mass is 10.1. The minimum absolute atomic E-state index is 0.00827. The van der Waals surface area contributed by atoms with Gasteiger partial charge < -0.3 is 15.4 Å². The normalized spacial score (nSPS) is 12.4. The van der Waals surface area contributed by atoms with Gasteiger partial charge in [0.05, 0.1) is 13.5 Å². The first-order valence-electron chi connectivity index (χ1n) is 7.04. The van der Waals surface area contributed by atoms with Crippen LogP contribution < -0.4 is 15.4 Å². The summed E-state index contributed by atoms with van der Waals surface area (Å²) in [5.74, 6) is 0.788. The number of anilines is 2. The SMILES string of the molecule is COc1ccc(CC(=O)Nc2ccc3c(c2)CCN3)cc1. The summed E-state index contributed by atoms with van der Waals surface area (Å²) in [7, 11) is 1.63. The summed E-state index contributed by atoms with van der Waals surface area (Å²) in [6, 6.07) is 13.5. The van der Waals surface area contributed by atoms with Crippen molar-refractivity contribution in [2.75, 3.05) is 24.3 Å². The van der Waals surface area contributed by atoms with Gasteiger partial charge in [-0.15, -0.1) is 0 Å². The molecule has 0 fully saturated rings. The highest BCUT2D eigenvalue weighted by molar-refractivity contribution is 5.92. The Bertz CT molecular complexity index is 650. The second-order valence-corrected chi connectivity index (χ2v) is 5.12. The van der Waals surface area contributed by atoms with Crippen molar-refractivity contribution in [3.05, 3.63) is 53.6 Å². The van der Waals surface area contributed by atoms with Gasteiger partial charge >= 0.3 is 0 Å². The predicted octanol–water partition coefficient (Wildman–Crippen LogP) is 2.84. The quantitative estimate of drug-likeness (QED) is 0.906. The number of fused-ring (bicyclic) bond motifs is 1. The molecule has 0 atom stereocenters. The van der Waals surface area contributed by atoms with Crippen LogP contribution in [0.5, 0.6) is 5.75 Å². The lowest BCUT2D eigenvalue weighted by Crippen LogP contribution is -2.14. The zero-order valence-corrected chi connectivity index (χ0v) is 12.0. The third-order valence-corrected chi connectivity index (χ3v) is 3.62. The molecule has 0 aliphatic carbocycles. The van der Waals surface area contributed by atoms with Crippen LogP contribution >= 0.6 is 0 Å². The third-order valence-electron chi connectivity index (χ3n) is 3.62. The zero-order chi connectivity index (χ0) is 14.7. The maximum Gasteiger partial charge on any atom is 0.228 e. The van der Waals surface area contributed by atoms with Crippen molar-refractivity contribution in [3.63, 3.8) is 0 Å². The molecule has 1 aliphatic heterocycles. The largest absolute Gasteiger partial charge is 0.497 e. The van der Waals surface area contributed by atoms with Gasteiger partial charge in [-0.3, -0.25) is 4.79 Å². The van der Waals surface area contributed by atoms with Crippen LogP contribution in [0, 0.1) is 0 Å². The number of rotatable bonds is 4. The molecular formula is C17H18N2O2. The van der Waals surface area contributed by atoms with Crippen LogP contribution in [-0.2, 0) is 17.6 Å². The van der Waals surface area contributed by atoms with Crippen LogP contribution in [0.4, 0.5) is 11.4 Å². The van der Waals surface area contributed by atoms with Gasteiger partial charge in [0.2, 0.25) is 5.91 Å².